The molecule has 4 rings (SSSR count). The average Bonchev–Trinajstić information content (AvgIpc) is 3.12. The van der Waals surface area contributed by atoms with Gasteiger partial charge in [0, 0.05) is 29.3 Å². The first-order valence-corrected chi connectivity index (χ1v) is 7.16. The number of amides is 1. The Bertz CT molecular complexity index is 1070. The Morgan fingerprint density at radius 2 is 1.96 bits per heavy atom. The van der Waals surface area contributed by atoms with Crippen molar-refractivity contribution >= 4 is 28.2 Å². The normalized spacial score (nSPS) is 14.4. The molecule has 132 valence electrons. The molecule has 0 bridgehead atoms. The monoisotopic (exact) mass is 362 g/mol. The smallest absolute Gasteiger partial charge is 0.395 e. The molecule has 0 atom stereocenters. The number of nitrogens with zero attached hydrogens (tertiary/aromatic N) is 2. The van der Waals surface area contributed by atoms with Crippen molar-refractivity contribution in [2.45, 2.75) is 6.29 Å². The van der Waals surface area contributed by atoms with Crippen LogP contribution in [0.3, 0.4) is 0 Å². The second-order valence-electron chi connectivity index (χ2n) is 5.34. The predicted octanol–water partition coefficient (Wildman–Crippen LogP) is 3.04. The molecular formula is C15H8F2N4O5. The molecule has 0 aliphatic carbocycles. The van der Waals surface area contributed by atoms with Crippen LogP contribution in [0.4, 0.5) is 20.2 Å². The highest BCUT2D eigenvalue weighted by Crippen LogP contribution is 2.42. The molecule has 26 heavy (non-hydrogen) atoms. The number of halogens is 2. The topological polar surface area (TPSA) is 119 Å². The molecule has 2 aromatic carbocycles. The first-order valence-electron chi connectivity index (χ1n) is 7.16. The molecule has 2 N–H and O–H groups in total. The molecule has 1 amide bonds. The van der Waals surface area contributed by atoms with Crippen molar-refractivity contribution in [3.8, 4) is 11.5 Å². The zero-order chi connectivity index (χ0) is 18.5. The van der Waals surface area contributed by atoms with Gasteiger partial charge in [0.05, 0.1) is 10.4 Å². The lowest BCUT2D eigenvalue weighted by molar-refractivity contribution is -0.384. The number of nitro groups is 1. The number of H-pyrrole nitrogens is 1. The van der Waals surface area contributed by atoms with Gasteiger partial charge < -0.3 is 14.8 Å². The second kappa shape index (κ2) is 5.37. The molecular weight excluding hydrogens is 354 g/mol. The van der Waals surface area contributed by atoms with E-state index in [0.29, 0.717) is 5.52 Å². The summed E-state index contributed by atoms with van der Waals surface area (Å²) >= 11 is 0. The summed E-state index contributed by atoms with van der Waals surface area (Å²) in [5.74, 6) is -1.06. The van der Waals surface area contributed by atoms with Gasteiger partial charge >= 0.3 is 6.29 Å². The molecule has 1 aliphatic heterocycles. The van der Waals surface area contributed by atoms with Crippen LogP contribution in [0.2, 0.25) is 0 Å². The van der Waals surface area contributed by atoms with Gasteiger partial charge in [-0.05, 0) is 18.2 Å². The summed E-state index contributed by atoms with van der Waals surface area (Å²) in [5.41, 5.74) is 0.327. The number of carbonyl (C=O) groups excluding carboxylic acids is 1. The molecule has 0 saturated heterocycles. The predicted molar refractivity (Wildman–Crippen MR) is 83.3 cm³/mol. The highest BCUT2D eigenvalue weighted by Gasteiger charge is 2.43. The fourth-order valence-corrected chi connectivity index (χ4v) is 2.51. The summed E-state index contributed by atoms with van der Waals surface area (Å²) in [4.78, 5) is 22.7. The van der Waals surface area contributed by atoms with E-state index in [1.807, 2.05) is 0 Å². The van der Waals surface area contributed by atoms with Crippen molar-refractivity contribution in [2.75, 3.05) is 5.32 Å². The number of carbonyl (C=O) groups is 1. The number of rotatable bonds is 3. The molecule has 0 unspecified atom stereocenters. The molecule has 11 heteroatoms. The number of hydrogen-bond donors (Lipinski definition) is 2. The van der Waals surface area contributed by atoms with Crippen LogP contribution in [-0.2, 0) is 0 Å². The molecule has 3 aromatic rings. The number of non-ortho nitro benzene ring substituents is 1. The van der Waals surface area contributed by atoms with Crippen molar-refractivity contribution < 1.29 is 28.0 Å². The van der Waals surface area contributed by atoms with Gasteiger partial charge in [0.15, 0.2) is 17.2 Å². The molecule has 1 aliphatic rings. The Balaban J connectivity index is 1.62. The maximum atomic E-state index is 13.0. The van der Waals surface area contributed by atoms with E-state index in [2.05, 4.69) is 25.0 Å². The number of nitro benzene ring substituents is 1. The van der Waals surface area contributed by atoms with Crippen molar-refractivity contribution in [3.63, 3.8) is 0 Å². The van der Waals surface area contributed by atoms with Crippen LogP contribution < -0.4 is 14.8 Å². The highest BCUT2D eigenvalue weighted by molar-refractivity contribution is 6.11. The zero-order valence-corrected chi connectivity index (χ0v) is 12.7. The number of fused-ring (bicyclic) bond motifs is 2. The minimum Gasteiger partial charge on any atom is -0.395 e. The SMILES string of the molecule is O=C(Nc1ccc2c(c1)OC(F)(F)O2)c1n[nH]c2ccc([N+](=O)[O-])cc12. The van der Waals surface area contributed by atoms with Crippen LogP contribution in [0.1, 0.15) is 10.5 Å². The third-order valence-corrected chi connectivity index (χ3v) is 3.63. The number of nitrogens with one attached hydrogen (secondary N) is 2. The van der Waals surface area contributed by atoms with Crippen LogP contribution in [-0.4, -0.2) is 27.3 Å². The first-order chi connectivity index (χ1) is 12.3. The van der Waals surface area contributed by atoms with E-state index in [1.54, 1.807) is 0 Å². The summed E-state index contributed by atoms with van der Waals surface area (Å²) in [6, 6.07) is 7.66. The molecule has 2 heterocycles. The van der Waals surface area contributed by atoms with Crippen LogP contribution in [0, 0.1) is 10.1 Å². The summed E-state index contributed by atoms with van der Waals surface area (Å²) in [7, 11) is 0. The zero-order valence-electron chi connectivity index (χ0n) is 12.7. The van der Waals surface area contributed by atoms with Gasteiger partial charge in [-0.25, -0.2) is 0 Å². The number of anilines is 1. The Labute approximate surface area is 142 Å². The number of aromatic amines is 1. The largest absolute Gasteiger partial charge is 0.586 e. The van der Waals surface area contributed by atoms with E-state index < -0.39 is 17.1 Å². The third-order valence-electron chi connectivity index (χ3n) is 3.63. The van der Waals surface area contributed by atoms with Crippen molar-refractivity contribution in [1.29, 1.82) is 0 Å². The maximum absolute atomic E-state index is 13.0. The van der Waals surface area contributed by atoms with Gasteiger partial charge in [0.1, 0.15) is 0 Å². The average molecular weight is 362 g/mol. The second-order valence-corrected chi connectivity index (χ2v) is 5.34. The minimum absolute atomic E-state index is 0.0771. The van der Waals surface area contributed by atoms with Crippen LogP contribution >= 0.6 is 0 Å². The Kier molecular flexibility index (Phi) is 3.26. The fraction of sp³-hybridized carbons (Fsp3) is 0.0667. The van der Waals surface area contributed by atoms with Crippen LogP contribution in [0.5, 0.6) is 11.5 Å². The lowest BCUT2D eigenvalue weighted by Crippen LogP contribution is -2.25. The van der Waals surface area contributed by atoms with Crippen molar-refractivity contribution in [3.05, 3.63) is 52.2 Å². The Morgan fingerprint density at radius 1 is 1.19 bits per heavy atom. The van der Waals surface area contributed by atoms with Crippen LogP contribution in [0.25, 0.3) is 10.9 Å². The third kappa shape index (κ3) is 2.64. The number of aromatic nitrogens is 2. The van der Waals surface area contributed by atoms with Gasteiger partial charge in [-0.1, -0.05) is 0 Å². The quantitative estimate of drug-likeness (QED) is 0.546. The van der Waals surface area contributed by atoms with Gasteiger partial charge in [-0.15, -0.1) is 8.78 Å². The lowest BCUT2D eigenvalue weighted by atomic mass is 10.2. The molecule has 0 radical (unpaired) electrons. The lowest BCUT2D eigenvalue weighted by Gasteiger charge is -2.05. The van der Waals surface area contributed by atoms with Gasteiger partial charge in [-0.2, -0.15) is 5.10 Å². The highest BCUT2D eigenvalue weighted by atomic mass is 19.3. The molecule has 1 aromatic heterocycles. The van der Waals surface area contributed by atoms with E-state index in [1.165, 1.54) is 36.4 Å². The maximum Gasteiger partial charge on any atom is 0.586 e. The van der Waals surface area contributed by atoms with Crippen molar-refractivity contribution in [1.82, 2.24) is 10.2 Å². The van der Waals surface area contributed by atoms with E-state index in [9.17, 15) is 23.7 Å². The van der Waals surface area contributed by atoms with E-state index in [0.717, 1.165) is 0 Å². The summed E-state index contributed by atoms with van der Waals surface area (Å²) in [6.07, 6.45) is -3.76. The summed E-state index contributed by atoms with van der Waals surface area (Å²) in [5, 5.41) is 20.1. The van der Waals surface area contributed by atoms with Gasteiger partial charge in [-0.3, -0.25) is 20.0 Å². The number of hydrogen-bond acceptors (Lipinski definition) is 6. The fourth-order valence-electron chi connectivity index (χ4n) is 2.51. The molecule has 9 nitrogen and oxygen atoms in total. The molecule has 0 saturated carbocycles. The van der Waals surface area contributed by atoms with E-state index in [-0.39, 0.29) is 34.0 Å². The van der Waals surface area contributed by atoms with E-state index >= 15 is 0 Å². The number of benzene rings is 2. The molecule has 0 spiro atoms. The summed E-state index contributed by atoms with van der Waals surface area (Å²) < 4.78 is 34.6. The van der Waals surface area contributed by atoms with Gasteiger partial charge in [0.2, 0.25) is 0 Å². The standard InChI is InChI=1S/C15H8F2N4O5/c16-15(17)25-11-4-1-7(5-12(11)26-15)18-14(22)13-9-6-8(21(23)24)2-3-10(9)19-20-13/h1-6H,(H,18,22)(H,19,20). The van der Waals surface area contributed by atoms with Crippen molar-refractivity contribution in [2.24, 2.45) is 0 Å². The Hall–Kier alpha value is -3.76. The van der Waals surface area contributed by atoms with Gasteiger partial charge in [0.25, 0.3) is 11.6 Å². The number of ether oxygens (including phenoxy) is 2. The number of alkyl halides is 2. The van der Waals surface area contributed by atoms with E-state index in [4.69, 9.17) is 0 Å². The Morgan fingerprint density at radius 3 is 2.73 bits per heavy atom. The van der Waals surface area contributed by atoms with Crippen LogP contribution in [0.15, 0.2) is 36.4 Å². The first kappa shape index (κ1) is 15.7. The molecule has 0 fully saturated rings. The summed E-state index contributed by atoms with van der Waals surface area (Å²) in [6.45, 7) is 0. The minimum atomic E-state index is -3.76.